The monoisotopic (exact) mass is 436 g/mol. The number of fused-ring (bicyclic) bond motifs is 1. The van der Waals surface area contributed by atoms with E-state index >= 15 is 0 Å². The van der Waals surface area contributed by atoms with Gasteiger partial charge in [0.1, 0.15) is 5.69 Å². The van der Waals surface area contributed by atoms with E-state index in [1.54, 1.807) is 6.07 Å². The fraction of sp³-hybridized carbons (Fsp3) is 0.174. The molecule has 1 N–H and O–H groups in total. The van der Waals surface area contributed by atoms with Gasteiger partial charge in [0.2, 0.25) is 0 Å². The third-order valence-corrected chi connectivity index (χ3v) is 6.12. The van der Waals surface area contributed by atoms with Crippen LogP contribution >= 0.6 is 11.8 Å². The largest absolute Gasteiger partial charge is 0.320 e. The van der Waals surface area contributed by atoms with Crippen LogP contribution in [-0.4, -0.2) is 20.5 Å². The minimum Gasteiger partial charge on any atom is -0.320 e. The maximum Gasteiger partial charge on any atom is 0.280 e. The van der Waals surface area contributed by atoms with Crippen molar-refractivity contribution in [3.63, 3.8) is 0 Å². The third kappa shape index (κ3) is 4.16. The molecular formula is C23H18F2N4OS. The molecule has 5 rings (SSSR count). The van der Waals surface area contributed by atoms with Crippen LogP contribution in [0.2, 0.25) is 0 Å². The molecule has 1 saturated carbocycles. The van der Waals surface area contributed by atoms with Gasteiger partial charge in [-0.1, -0.05) is 42.1 Å². The number of aromatic nitrogens is 3. The second-order valence-electron chi connectivity index (χ2n) is 7.35. The predicted molar refractivity (Wildman–Crippen MR) is 115 cm³/mol. The first kappa shape index (κ1) is 19.7. The molecule has 5 nitrogen and oxygen atoms in total. The Morgan fingerprint density at radius 3 is 2.55 bits per heavy atom. The third-order valence-electron chi connectivity index (χ3n) is 5.03. The second kappa shape index (κ2) is 8.11. The van der Waals surface area contributed by atoms with Gasteiger partial charge >= 0.3 is 0 Å². The van der Waals surface area contributed by atoms with Crippen LogP contribution in [0.5, 0.6) is 0 Å². The second-order valence-corrected chi connectivity index (χ2v) is 8.46. The Labute approximate surface area is 181 Å². The van der Waals surface area contributed by atoms with E-state index in [0.29, 0.717) is 11.4 Å². The van der Waals surface area contributed by atoms with Crippen molar-refractivity contribution >= 4 is 29.0 Å². The molecule has 0 unspecified atom stereocenters. The Morgan fingerprint density at radius 2 is 1.81 bits per heavy atom. The lowest BCUT2D eigenvalue weighted by molar-refractivity contribution is 0.102. The Morgan fingerprint density at radius 1 is 1.06 bits per heavy atom. The van der Waals surface area contributed by atoms with Gasteiger partial charge in [-0.15, -0.1) is 0 Å². The van der Waals surface area contributed by atoms with Crippen LogP contribution in [0.25, 0.3) is 5.65 Å². The van der Waals surface area contributed by atoms with Crippen LogP contribution < -0.4 is 5.32 Å². The van der Waals surface area contributed by atoms with Gasteiger partial charge in [0.15, 0.2) is 11.3 Å². The standard InChI is InChI=1S/C23H18F2N4OS/c24-22(25)19-12-17(14-10-11-14)26-21-13-18(28-29(19)21)23(30)27-16-8-4-5-9-20(16)31-15-6-2-1-3-7-15/h1-9,12-14,22H,10-11H2,(H,27,30). The van der Waals surface area contributed by atoms with Gasteiger partial charge in [0, 0.05) is 27.5 Å². The summed E-state index contributed by atoms with van der Waals surface area (Å²) in [6.45, 7) is 0. The number of carbonyl (C=O) groups is 1. The van der Waals surface area contributed by atoms with Crippen molar-refractivity contribution in [3.05, 3.63) is 83.8 Å². The van der Waals surface area contributed by atoms with Crippen molar-refractivity contribution in [1.29, 1.82) is 0 Å². The zero-order valence-electron chi connectivity index (χ0n) is 16.3. The summed E-state index contributed by atoms with van der Waals surface area (Å²) in [6, 6.07) is 20.1. The van der Waals surface area contributed by atoms with E-state index in [1.807, 2.05) is 48.5 Å². The molecule has 0 atom stereocenters. The number of hydrogen-bond acceptors (Lipinski definition) is 4. The van der Waals surface area contributed by atoms with Crippen molar-refractivity contribution in [1.82, 2.24) is 14.6 Å². The topological polar surface area (TPSA) is 59.3 Å². The van der Waals surface area contributed by atoms with Gasteiger partial charge in [0.05, 0.1) is 5.69 Å². The smallest absolute Gasteiger partial charge is 0.280 e. The van der Waals surface area contributed by atoms with Crippen molar-refractivity contribution in [2.24, 2.45) is 0 Å². The highest BCUT2D eigenvalue weighted by Crippen LogP contribution is 2.40. The van der Waals surface area contributed by atoms with Crippen LogP contribution in [0.3, 0.4) is 0 Å². The zero-order valence-corrected chi connectivity index (χ0v) is 17.2. The molecule has 0 aliphatic heterocycles. The predicted octanol–water partition coefficient (Wildman–Crippen LogP) is 5.95. The molecule has 4 aromatic rings. The number of nitrogens with zero attached hydrogens (tertiary/aromatic N) is 3. The fourth-order valence-corrected chi connectivity index (χ4v) is 4.26. The lowest BCUT2D eigenvalue weighted by Crippen LogP contribution is -2.13. The van der Waals surface area contributed by atoms with Crippen LogP contribution in [0.15, 0.2) is 76.5 Å². The van der Waals surface area contributed by atoms with Gasteiger partial charge < -0.3 is 5.32 Å². The number of nitrogens with one attached hydrogen (secondary N) is 1. The Balaban J connectivity index is 1.44. The molecule has 156 valence electrons. The summed E-state index contributed by atoms with van der Waals surface area (Å²) >= 11 is 1.52. The van der Waals surface area contributed by atoms with E-state index in [4.69, 9.17) is 0 Å². The molecular weight excluding hydrogens is 418 g/mol. The zero-order chi connectivity index (χ0) is 21.4. The number of halogens is 2. The maximum absolute atomic E-state index is 13.6. The minimum absolute atomic E-state index is 0.0434. The van der Waals surface area contributed by atoms with Gasteiger partial charge in [-0.25, -0.2) is 18.3 Å². The number of para-hydroxylation sites is 1. The Bertz CT molecular complexity index is 1260. The van der Waals surface area contributed by atoms with Gasteiger partial charge in [-0.3, -0.25) is 4.79 Å². The summed E-state index contributed by atoms with van der Waals surface area (Å²) in [6.07, 6.45) is -0.811. The van der Waals surface area contributed by atoms with Gasteiger partial charge in [-0.2, -0.15) is 5.10 Å². The Hall–Kier alpha value is -3.26. The maximum atomic E-state index is 13.6. The molecule has 1 fully saturated rings. The summed E-state index contributed by atoms with van der Waals surface area (Å²) in [5.74, 6) is -0.253. The molecule has 2 heterocycles. The molecule has 1 amide bonds. The molecule has 0 spiro atoms. The van der Waals surface area contributed by atoms with Crippen LogP contribution in [0.4, 0.5) is 14.5 Å². The number of rotatable bonds is 6. The summed E-state index contributed by atoms with van der Waals surface area (Å²) in [7, 11) is 0. The molecule has 0 saturated heterocycles. The molecule has 2 aromatic heterocycles. The average Bonchev–Trinajstić information content (AvgIpc) is 3.53. The molecule has 0 radical (unpaired) electrons. The van der Waals surface area contributed by atoms with E-state index in [-0.39, 0.29) is 23.0 Å². The SMILES string of the molecule is O=C(Nc1ccccc1Sc1ccccc1)c1cc2nc(C3CC3)cc(C(F)F)n2n1. The van der Waals surface area contributed by atoms with Crippen molar-refractivity contribution in [3.8, 4) is 0 Å². The first-order chi connectivity index (χ1) is 15.1. The number of carbonyl (C=O) groups excluding carboxylic acids is 1. The number of anilines is 1. The van der Waals surface area contributed by atoms with Gasteiger partial charge in [0.25, 0.3) is 12.3 Å². The van der Waals surface area contributed by atoms with Crippen LogP contribution in [0.1, 0.15) is 47.1 Å². The van der Waals surface area contributed by atoms with Crippen LogP contribution in [-0.2, 0) is 0 Å². The van der Waals surface area contributed by atoms with Crippen molar-refractivity contribution < 1.29 is 13.6 Å². The van der Waals surface area contributed by atoms with Crippen LogP contribution in [0, 0.1) is 0 Å². The van der Waals surface area contributed by atoms with E-state index in [9.17, 15) is 13.6 Å². The van der Waals surface area contributed by atoms with E-state index < -0.39 is 12.3 Å². The average molecular weight is 436 g/mol. The minimum atomic E-state index is -2.71. The highest BCUT2D eigenvalue weighted by atomic mass is 32.2. The summed E-state index contributed by atoms with van der Waals surface area (Å²) in [4.78, 5) is 19.2. The molecule has 8 heteroatoms. The van der Waals surface area contributed by atoms with Gasteiger partial charge in [-0.05, 0) is 43.2 Å². The fourth-order valence-electron chi connectivity index (χ4n) is 3.33. The number of benzene rings is 2. The molecule has 1 aliphatic rings. The van der Waals surface area contributed by atoms with Crippen molar-refractivity contribution in [2.45, 2.75) is 35.0 Å². The molecule has 1 aliphatic carbocycles. The molecule has 31 heavy (non-hydrogen) atoms. The summed E-state index contributed by atoms with van der Waals surface area (Å²) in [5.41, 5.74) is 1.32. The Kier molecular flexibility index (Phi) is 5.15. The molecule has 2 aromatic carbocycles. The highest BCUT2D eigenvalue weighted by Gasteiger charge is 2.28. The number of alkyl halides is 2. The van der Waals surface area contributed by atoms with E-state index in [1.165, 1.54) is 23.9 Å². The van der Waals surface area contributed by atoms with Crippen molar-refractivity contribution in [2.75, 3.05) is 5.32 Å². The molecule has 0 bridgehead atoms. The first-order valence-corrected chi connectivity index (χ1v) is 10.7. The summed E-state index contributed by atoms with van der Waals surface area (Å²) in [5, 5.41) is 6.98. The lowest BCUT2D eigenvalue weighted by atomic mass is 10.2. The normalized spacial score (nSPS) is 13.6. The number of amides is 1. The first-order valence-electron chi connectivity index (χ1n) is 9.90. The lowest BCUT2D eigenvalue weighted by Gasteiger charge is -2.09. The quantitative estimate of drug-likeness (QED) is 0.406. The van der Waals surface area contributed by atoms with E-state index in [0.717, 1.165) is 27.1 Å². The number of hydrogen-bond donors (Lipinski definition) is 1. The van der Waals surface area contributed by atoms with E-state index in [2.05, 4.69) is 15.4 Å². The summed E-state index contributed by atoms with van der Waals surface area (Å²) < 4.78 is 28.2. The highest BCUT2D eigenvalue weighted by molar-refractivity contribution is 7.99.